The van der Waals surface area contributed by atoms with Crippen LogP contribution in [0.3, 0.4) is 0 Å². The Labute approximate surface area is 146 Å². The van der Waals surface area contributed by atoms with E-state index >= 15 is 0 Å². The maximum Gasteiger partial charge on any atom is 0.123 e. The van der Waals surface area contributed by atoms with E-state index in [2.05, 4.69) is 67.8 Å². The first-order valence-corrected chi connectivity index (χ1v) is 8.45. The summed E-state index contributed by atoms with van der Waals surface area (Å²) in [5, 5.41) is 16.9. The summed E-state index contributed by atoms with van der Waals surface area (Å²) >= 11 is 0. The molecule has 0 radical (unpaired) electrons. The van der Waals surface area contributed by atoms with Crippen LogP contribution in [0.25, 0.3) is 16.6 Å². The summed E-state index contributed by atoms with van der Waals surface area (Å²) in [5.74, 6) is 0. The second-order valence-corrected chi connectivity index (χ2v) is 6.00. The first-order chi connectivity index (χ1) is 12.4. The Morgan fingerprint density at radius 3 is 2.64 bits per heavy atom. The molecule has 126 valence electrons. The Hall–Kier alpha value is -2.99. The summed E-state index contributed by atoms with van der Waals surface area (Å²) < 4.78 is 3.96. The van der Waals surface area contributed by atoms with Gasteiger partial charge in [0.15, 0.2) is 0 Å². The highest BCUT2D eigenvalue weighted by Crippen LogP contribution is 2.18. The lowest BCUT2D eigenvalue weighted by Gasteiger charge is -2.07. The quantitative estimate of drug-likeness (QED) is 0.529. The highest BCUT2D eigenvalue weighted by Gasteiger charge is 2.05. The fraction of sp³-hybridized carbons (Fsp3) is 0.211. The average Bonchev–Trinajstić information content (AvgIpc) is 3.32. The molecule has 2 aromatic carbocycles. The third-order valence-corrected chi connectivity index (χ3v) is 4.24. The zero-order valence-corrected chi connectivity index (χ0v) is 13.9. The van der Waals surface area contributed by atoms with Crippen LogP contribution >= 0.6 is 0 Å². The minimum atomic E-state index is 0.886. The third-order valence-electron chi connectivity index (χ3n) is 4.24. The Balaban J connectivity index is 1.37. The van der Waals surface area contributed by atoms with Crippen molar-refractivity contribution < 1.29 is 0 Å². The molecule has 4 rings (SSSR count). The number of hydrogen-bond acceptors (Lipinski definition) is 4. The highest BCUT2D eigenvalue weighted by atomic mass is 15.3. The molecule has 2 aromatic heterocycles. The Morgan fingerprint density at radius 2 is 1.80 bits per heavy atom. The van der Waals surface area contributed by atoms with Gasteiger partial charge in [-0.05, 0) is 36.7 Å². The first kappa shape index (κ1) is 15.5. The smallest absolute Gasteiger partial charge is 0.123 e. The molecule has 4 aromatic rings. The van der Waals surface area contributed by atoms with Crippen molar-refractivity contribution in [1.29, 1.82) is 0 Å². The molecule has 2 heterocycles. The summed E-state index contributed by atoms with van der Waals surface area (Å²) in [6, 6.07) is 16.7. The monoisotopic (exact) mass is 332 g/mol. The molecule has 0 saturated heterocycles. The molecule has 0 aliphatic carbocycles. The fourth-order valence-electron chi connectivity index (χ4n) is 2.91. The van der Waals surface area contributed by atoms with Gasteiger partial charge in [-0.2, -0.15) is 5.10 Å². The van der Waals surface area contributed by atoms with E-state index in [9.17, 15) is 0 Å². The average molecular weight is 332 g/mol. The Bertz CT molecular complexity index is 927. The lowest BCUT2D eigenvalue weighted by Crippen LogP contribution is -2.16. The van der Waals surface area contributed by atoms with Crippen LogP contribution in [-0.2, 0) is 13.1 Å². The van der Waals surface area contributed by atoms with Gasteiger partial charge < -0.3 is 5.32 Å². The van der Waals surface area contributed by atoms with Crippen molar-refractivity contribution in [3.8, 4) is 5.69 Å². The Morgan fingerprint density at radius 1 is 0.960 bits per heavy atom. The van der Waals surface area contributed by atoms with Gasteiger partial charge in [0, 0.05) is 18.5 Å². The van der Waals surface area contributed by atoms with E-state index in [4.69, 9.17) is 0 Å². The fourth-order valence-corrected chi connectivity index (χ4v) is 2.91. The largest absolute Gasteiger partial charge is 0.313 e. The molecule has 0 amide bonds. The van der Waals surface area contributed by atoms with Crippen LogP contribution in [0.4, 0.5) is 0 Å². The van der Waals surface area contributed by atoms with Crippen LogP contribution in [0.15, 0.2) is 67.4 Å². The maximum absolute atomic E-state index is 4.52. The third kappa shape index (κ3) is 3.59. The molecule has 0 aliphatic heterocycles. The van der Waals surface area contributed by atoms with Gasteiger partial charge in [0.2, 0.25) is 0 Å². The molecule has 6 heteroatoms. The van der Waals surface area contributed by atoms with E-state index in [1.807, 2.05) is 16.8 Å². The second-order valence-electron chi connectivity index (χ2n) is 6.00. The zero-order chi connectivity index (χ0) is 16.9. The van der Waals surface area contributed by atoms with Gasteiger partial charge in [-0.15, -0.1) is 10.2 Å². The van der Waals surface area contributed by atoms with Crippen LogP contribution in [0.5, 0.6) is 0 Å². The van der Waals surface area contributed by atoms with Gasteiger partial charge >= 0.3 is 0 Å². The van der Waals surface area contributed by atoms with E-state index in [0.717, 1.165) is 42.6 Å². The number of nitrogens with zero attached hydrogens (tertiary/aromatic N) is 5. The highest BCUT2D eigenvalue weighted by molar-refractivity contribution is 5.80. The van der Waals surface area contributed by atoms with Gasteiger partial charge in [-0.1, -0.05) is 30.3 Å². The van der Waals surface area contributed by atoms with Gasteiger partial charge in [-0.3, -0.25) is 9.25 Å². The number of hydrogen-bond donors (Lipinski definition) is 1. The van der Waals surface area contributed by atoms with E-state index in [1.54, 1.807) is 12.7 Å². The molecular formula is C19H20N6. The van der Waals surface area contributed by atoms with Gasteiger partial charge in [-0.25, -0.2) is 0 Å². The van der Waals surface area contributed by atoms with Crippen LogP contribution in [0.2, 0.25) is 0 Å². The van der Waals surface area contributed by atoms with Crippen molar-refractivity contribution >= 4 is 10.9 Å². The lowest BCUT2D eigenvalue weighted by molar-refractivity contribution is 0.555. The number of benzene rings is 2. The molecule has 0 saturated carbocycles. The maximum atomic E-state index is 4.52. The number of fused-ring (bicyclic) bond motifs is 1. The summed E-state index contributed by atoms with van der Waals surface area (Å²) in [6.45, 7) is 2.75. The number of rotatable bonds is 7. The van der Waals surface area contributed by atoms with Gasteiger partial charge in [0.05, 0.1) is 17.4 Å². The zero-order valence-electron chi connectivity index (χ0n) is 13.9. The molecule has 0 unspecified atom stereocenters. The summed E-state index contributed by atoms with van der Waals surface area (Å²) in [5.41, 5.74) is 3.49. The van der Waals surface area contributed by atoms with E-state index in [1.165, 1.54) is 5.56 Å². The predicted octanol–water partition coefficient (Wildman–Crippen LogP) is 2.80. The first-order valence-electron chi connectivity index (χ1n) is 8.45. The number of aryl methyl sites for hydroxylation is 1. The molecule has 25 heavy (non-hydrogen) atoms. The molecule has 6 nitrogen and oxygen atoms in total. The second kappa shape index (κ2) is 7.27. The van der Waals surface area contributed by atoms with E-state index < -0.39 is 0 Å². The van der Waals surface area contributed by atoms with Crippen LogP contribution in [0, 0.1) is 0 Å². The van der Waals surface area contributed by atoms with E-state index in [0.29, 0.717) is 0 Å². The molecule has 0 spiro atoms. The minimum Gasteiger partial charge on any atom is -0.313 e. The normalized spacial score (nSPS) is 11.2. The molecule has 1 N–H and O–H groups in total. The van der Waals surface area contributed by atoms with Gasteiger partial charge in [0.1, 0.15) is 12.7 Å². The van der Waals surface area contributed by atoms with Crippen LogP contribution in [-0.4, -0.2) is 31.1 Å². The molecule has 0 fully saturated rings. The number of nitrogens with one attached hydrogen (secondary N) is 1. The minimum absolute atomic E-state index is 0.886. The molecule has 0 aliphatic rings. The lowest BCUT2D eigenvalue weighted by atomic mass is 10.2. The van der Waals surface area contributed by atoms with Crippen molar-refractivity contribution in [2.45, 2.75) is 19.5 Å². The van der Waals surface area contributed by atoms with Crippen molar-refractivity contribution in [3.05, 3.63) is 72.9 Å². The summed E-state index contributed by atoms with van der Waals surface area (Å²) in [4.78, 5) is 0. The summed E-state index contributed by atoms with van der Waals surface area (Å²) in [7, 11) is 0. The summed E-state index contributed by atoms with van der Waals surface area (Å²) in [6.07, 6.45) is 6.36. The van der Waals surface area contributed by atoms with Crippen LogP contribution in [0.1, 0.15) is 12.0 Å². The molecular weight excluding hydrogens is 312 g/mol. The van der Waals surface area contributed by atoms with Crippen molar-refractivity contribution in [1.82, 2.24) is 29.9 Å². The Kier molecular flexibility index (Phi) is 4.52. The molecule has 0 bridgehead atoms. The van der Waals surface area contributed by atoms with Crippen LogP contribution < -0.4 is 5.32 Å². The number of aromatic nitrogens is 5. The van der Waals surface area contributed by atoms with Crippen molar-refractivity contribution in [3.63, 3.8) is 0 Å². The predicted molar refractivity (Wildman–Crippen MR) is 97.4 cm³/mol. The SMILES string of the molecule is c1ccc(CNCCCn2ncc3ccc(-n4cnnc4)cc32)cc1. The van der Waals surface area contributed by atoms with E-state index in [-0.39, 0.29) is 0 Å². The molecule has 0 atom stereocenters. The topological polar surface area (TPSA) is 60.6 Å². The van der Waals surface area contributed by atoms with Crippen molar-refractivity contribution in [2.24, 2.45) is 0 Å². The van der Waals surface area contributed by atoms with Crippen molar-refractivity contribution in [2.75, 3.05) is 6.54 Å². The van der Waals surface area contributed by atoms with Gasteiger partial charge in [0.25, 0.3) is 0 Å². The standard InChI is InChI=1S/C19H20N6/c1-2-5-16(6-3-1)12-20-9-4-10-25-19-11-18(24-14-21-22-15-24)8-7-17(19)13-23-25/h1-3,5-8,11,13-15,20H,4,9-10,12H2.